The number of aliphatic hydroxyl groups is 2. The molecule has 0 aromatic heterocycles. The quantitative estimate of drug-likeness (QED) is 0.0320. The predicted octanol–water partition coefficient (Wildman–Crippen LogP) is 22.8. The van der Waals surface area contributed by atoms with Gasteiger partial charge in [-0.1, -0.05) is 353 Å². The summed E-state index contributed by atoms with van der Waals surface area (Å²) in [5.41, 5.74) is 0. The van der Waals surface area contributed by atoms with Crippen molar-refractivity contribution in [3.05, 3.63) is 12.2 Å². The van der Waals surface area contributed by atoms with E-state index in [1.165, 1.54) is 334 Å². The second-order valence-corrected chi connectivity index (χ2v) is 24.6. The Labute approximate surface area is 482 Å². The number of amides is 1. The molecule has 0 aliphatic heterocycles. The Hall–Kier alpha value is -1.40. The SMILES string of the molecule is CCCCCCCCCCCCCCCCCCCCCCCCCC(O)C(CO)NC(=O)CCCCCCCCC/C=C\CCCCCCCCCCCCCOC(=O)CCCCCCCCCCCCCCCCC. The molecule has 0 saturated heterocycles. The van der Waals surface area contributed by atoms with E-state index in [4.69, 9.17) is 4.74 Å². The molecule has 0 aliphatic rings. The third-order valence-corrected chi connectivity index (χ3v) is 16.8. The average Bonchev–Trinajstić information content (AvgIpc) is 3.43. The van der Waals surface area contributed by atoms with Crippen molar-refractivity contribution in [3.63, 3.8) is 0 Å². The van der Waals surface area contributed by atoms with Crippen LogP contribution in [0.3, 0.4) is 0 Å². The van der Waals surface area contributed by atoms with Crippen molar-refractivity contribution in [2.75, 3.05) is 13.2 Å². The molecule has 0 fully saturated rings. The Balaban J connectivity index is 3.40. The fraction of sp³-hybridized carbons (Fsp3) is 0.944. The van der Waals surface area contributed by atoms with E-state index in [0.717, 1.165) is 38.5 Å². The molecular formula is C71H139NO5. The largest absolute Gasteiger partial charge is 0.466 e. The minimum atomic E-state index is -0.669. The molecule has 6 heteroatoms. The number of hydrogen-bond acceptors (Lipinski definition) is 5. The summed E-state index contributed by atoms with van der Waals surface area (Å²) in [6.45, 7) is 4.99. The average molecular weight is 1090 g/mol. The molecule has 0 bridgehead atoms. The highest BCUT2D eigenvalue weighted by molar-refractivity contribution is 5.76. The van der Waals surface area contributed by atoms with Gasteiger partial charge in [-0.15, -0.1) is 0 Å². The second kappa shape index (κ2) is 67.1. The first-order valence-corrected chi connectivity index (χ1v) is 35.4. The van der Waals surface area contributed by atoms with Crippen LogP contribution in [0, 0.1) is 0 Å². The van der Waals surface area contributed by atoms with Crippen molar-refractivity contribution in [1.82, 2.24) is 5.32 Å². The first-order valence-electron chi connectivity index (χ1n) is 35.4. The van der Waals surface area contributed by atoms with Crippen LogP contribution >= 0.6 is 0 Å². The molecule has 0 aromatic carbocycles. The molecule has 0 spiro atoms. The summed E-state index contributed by atoms with van der Waals surface area (Å²) in [6, 6.07) is -0.547. The van der Waals surface area contributed by atoms with Crippen LogP contribution in [-0.2, 0) is 14.3 Å². The van der Waals surface area contributed by atoms with Crippen LogP contribution in [0.15, 0.2) is 12.2 Å². The highest BCUT2D eigenvalue weighted by Crippen LogP contribution is 2.19. The van der Waals surface area contributed by atoms with E-state index in [0.29, 0.717) is 25.9 Å². The molecule has 6 nitrogen and oxygen atoms in total. The maximum Gasteiger partial charge on any atom is 0.305 e. The summed E-state index contributed by atoms with van der Waals surface area (Å²) in [5, 5.41) is 23.4. The summed E-state index contributed by atoms with van der Waals surface area (Å²) in [6.07, 6.45) is 82.5. The van der Waals surface area contributed by atoms with Crippen LogP contribution in [0.5, 0.6) is 0 Å². The second-order valence-electron chi connectivity index (χ2n) is 24.6. The van der Waals surface area contributed by atoms with Crippen LogP contribution in [0.4, 0.5) is 0 Å². The van der Waals surface area contributed by atoms with Gasteiger partial charge in [-0.3, -0.25) is 9.59 Å². The number of ether oxygens (including phenoxy) is 1. The maximum atomic E-state index is 12.5. The zero-order valence-corrected chi connectivity index (χ0v) is 52.5. The van der Waals surface area contributed by atoms with Gasteiger partial charge in [-0.25, -0.2) is 0 Å². The number of carbonyl (C=O) groups excluding carboxylic acids is 2. The van der Waals surface area contributed by atoms with Crippen LogP contribution in [0.2, 0.25) is 0 Å². The van der Waals surface area contributed by atoms with Gasteiger partial charge in [-0.2, -0.15) is 0 Å². The van der Waals surface area contributed by atoms with E-state index < -0.39 is 12.1 Å². The number of nitrogens with one attached hydrogen (secondary N) is 1. The van der Waals surface area contributed by atoms with Gasteiger partial charge in [-0.05, 0) is 51.4 Å². The molecule has 1 amide bonds. The van der Waals surface area contributed by atoms with Gasteiger partial charge < -0.3 is 20.3 Å². The van der Waals surface area contributed by atoms with Crippen LogP contribution < -0.4 is 5.32 Å². The first-order chi connectivity index (χ1) is 38.0. The van der Waals surface area contributed by atoms with Gasteiger partial charge in [0.1, 0.15) is 0 Å². The molecule has 2 unspecified atom stereocenters. The van der Waals surface area contributed by atoms with Gasteiger partial charge in [0.15, 0.2) is 0 Å². The maximum absolute atomic E-state index is 12.5. The Kier molecular flexibility index (Phi) is 65.9. The Morgan fingerprint density at radius 3 is 0.922 bits per heavy atom. The molecule has 0 rings (SSSR count). The molecule has 3 N–H and O–H groups in total. The smallest absolute Gasteiger partial charge is 0.305 e. The fourth-order valence-corrected chi connectivity index (χ4v) is 11.4. The summed E-state index contributed by atoms with van der Waals surface area (Å²) in [5.74, 6) is -0.0227. The number of aliphatic hydroxyl groups excluding tert-OH is 2. The number of allylic oxidation sites excluding steroid dienone is 2. The Morgan fingerprint density at radius 2 is 0.610 bits per heavy atom. The molecule has 2 atom stereocenters. The number of esters is 1. The molecule has 0 heterocycles. The monoisotopic (exact) mass is 1090 g/mol. The number of rotatable bonds is 67. The molecule has 77 heavy (non-hydrogen) atoms. The zero-order chi connectivity index (χ0) is 55.7. The first kappa shape index (κ1) is 75.6. The molecule has 0 saturated carbocycles. The fourth-order valence-electron chi connectivity index (χ4n) is 11.4. The topological polar surface area (TPSA) is 95.9 Å². The Bertz CT molecular complexity index is 1160. The third-order valence-electron chi connectivity index (χ3n) is 16.8. The van der Waals surface area contributed by atoms with Crippen molar-refractivity contribution >= 4 is 11.9 Å². The van der Waals surface area contributed by atoms with Crippen molar-refractivity contribution < 1.29 is 24.5 Å². The van der Waals surface area contributed by atoms with Gasteiger partial charge in [0.05, 0.1) is 25.4 Å². The summed E-state index contributed by atoms with van der Waals surface area (Å²) in [4.78, 5) is 24.6. The highest BCUT2D eigenvalue weighted by atomic mass is 16.5. The van der Waals surface area contributed by atoms with Crippen molar-refractivity contribution in [2.45, 2.75) is 418 Å². The summed E-state index contributed by atoms with van der Waals surface area (Å²) >= 11 is 0. The van der Waals surface area contributed by atoms with Crippen molar-refractivity contribution in [3.8, 4) is 0 Å². The van der Waals surface area contributed by atoms with Gasteiger partial charge in [0.25, 0.3) is 0 Å². The van der Waals surface area contributed by atoms with E-state index in [9.17, 15) is 19.8 Å². The van der Waals surface area contributed by atoms with Crippen LogP contribution in [-0.4, -0.2) is 47.4 Å². The Morgan fingerprint density at radius 1 is 0.351 bits per heavy atom. The van der Waals surface area contributed by atoms with E-state index in [-0.39, 0.29) is 18.5 Å². The lowest BCUT2D eigenvalue weighted by Gasteiger charge is -2.22. The van der Waals surface area contributed by atoms with Crippen LogP contribution in [0.1, 0.15) is 406 Å². The lowest BCUT2D eigenvalue weighted by atomic mass is 10.0. The molecular weight excluding hydrogens is 947 g/mol. The minimum Gasteiger partial charge on any atom is -0.466 e. The van der Waals surface area contributed by atoms with Crippen molar-refractivity contribution in [2.24, 2.45) is 0 Å². The molecule has 0 aromatic rings. The van der Waals surface area contributed by atoms with Gasteiger partial charge >= 0.3 is 5.97 Å². The van der Waals surface area contributed by atoms with Crippen molar-refractivity contribution in [1.29, 1.82) is 0 Å². The summed E-state index contributed by atoms with van der Waals surface area (Å²) in [7, 11) is 0. The third kappa shape index (κ3) is 63.6. The van der Waals surface area contributed by atoms with Crippen LogP contribution in [0.25, 0.3) is 0 Å². The minimum absolute atomic E-state index is 0.0142. The summed E-state index contributed by atoms with van der Waals surface area (Å²) < 4.78 is 5.50. The standard InChI is InChI=1S/C71H139NO5/c1-3-5-7-9-11-13-15-17-19-20-21-22-23-26-29-32-36-39-43-47-51-55-59-63-69(74)68(67-73)72-70(75)64-60-56-52-48-44-40-37-33-30-27-24-25-28-31-34-38-42-46-50-54-58-62-66-77-71(76)65-61-57-53-49-45-41-35-18-16-14-12-10-8-6-4-2/h27,30,68-69,73-74H,3-26,28-29,31-67H2,1-2H3,(H,72,75)/b30-27-. The molecule has 0 radical (unpaired) electrons. The molecule has 0 aliphatic carbocycles. The van der Waals surface area contributed by atoms with Gasteiger partial charge in [0, 0.05) is 12.8 Å². The van der Waals surface area contributed by atoms with E-state index >= 15 is 0 Å². The number of carbonyl (C=O) groups is 2. The number of hydrogen-bond donors (Lipinski definition) is 3. The lowest BCUT2D eigenvalue weighted by molar-refractivity contribution is -0.143. The van der Waals surface area contributed by atoms with E-state index in [1.54, 1.807) is 0 Å². The van der Waals surface area contributed by atoms with Gasteiger partial charge in [0.2, 0.25) is 5.91 Å². The zero-order valence-electron chi connectivity index (χ0n) is 52.5. The van der Waals surface area contributed by atoms with E-state index in [1.807, 2.05) is 0 Å². The lowest BCUT2D eigenvalue weighted by Crippen LogP contribution is -2.45. The molecule has 458 valence electrons. The highest BCUT2D eigenvalue weighted by Gasteiger charge is 2.20. The number of unbranched alkanes of at least 4 members (excludes halogenated alkanes) is 54. The predicted molar refractivity (Wildman–Crippen MR) is 338 cm³/mol. The van der Waals surface area contributed by atoms with E-state index in [2.05, 4.69) is 31.3 Å². The normalized spacial score (nSPS) is 12.5.